The van der Waals surface area contributed by atoms with Gasteiger partial charge in [-0.3, -0.25) is 0 Å². The Morgan fingerprint density at radius 3 is 1.44 bits per heavy atom. The van der Waals surface area contributed by atoms with Gasteiger partial charge in [-0.2, -0.15) is 35.1 Å². The molecular weight excluding hydrogens is 299 g/mol. The van der Waals surface area contributed by atoms with Crippen molar-refractivity contribution in [2.24, 2.45) is 0 Å². The maximum atomic E-state index is 12.5. The lowest BCUT2D eigenvalue weighted by Gasteiger charge is -2.26. The van der Waals surface area contributed by atoms with E-state index in [1.807, 2.05) is 0 Å². The molecule has 0 aromatic carbocycles. The third-order valence-corrected chi connectivity index (χ3v) is 1.87. The zero-order valence-electron chi connectivity index (χ0n) is 6.89. The Kier molecular flexibility index (Phi) is 4.33. The summed E-state index contributed by atoms with van der Waals surface area (Å²) in [5, 5.41) is -9.63. The summed E-state index contributed by atoms with van der Waals surface area (Å²) in [5.41, 5.74) is 0. The molecule has 0 fully saturated rings. The highest BCUT2D eigenvalue weighted by molar-refractivity contribution is 6.31. The van der Waals surface area contributed by atoms with E-state index in [1.165, 1.54) is 0 Å². The first-order valence-corrected chi connectivity index (χ1v) is 3.99. The number of ether oxygens (including phenoxy) is 1. The van der Waals surface area contributed by atoms with E-state index < -0.39 is 29.4 Å². The average Bonchev–Trinajstić information content (AvgIpc) is 1.97. The predicted octanol–water partition coefficient (Wildman–Crippen LogP) is 3.89. The zero-order chi connectivity index (χ0) is 13.4. The van der Waals surface area contributed by atoms with Crippen LogP contribution in [0.1, 0.15) is 0 Å². The summed E-state index contributed by atoms with van der Waals surface area (Å²) in [5.74, 6) is -5.53. The molecule has 1 nitrogen and oxygen atoms in total. The van der Waals surface area contributed by atoms with Crippen LogP contribution in [0.3, 0.4) is 0 Å². The number of halogens is 10. The summed E-state index contributed by atoms with van der Waals surface area (Å²) in [6.07, 6.45) is -6.08. The van der Waals surface area contributed by atoms with Gasteiger partial charge in [0.05, 0.1) is 0 Å². The van der Waals surface area contributed by atoms with Crippen LogP contribution in [-0.4, -0.2) is 29.4 Å². The van der Waals surface area contributed by atoms with Crippen LogP contribution in [0.5, 0.6) is 0 Å². The largest absolute Gasteiger partial charge is 0.455 e. The summed E-state index contributed by atoms with van der Waals surface area (Å²) in [7, 11) is 0. The van der Waals surface area contributed by atoms with Crippen molar-refractivity contribution in [1.29, 1.82) is 0 Å². The molecular formula is C5H2Cl2F8O. The SMILES string of the molecule is FC(F)(F)C(F)(F)COC(F)(Cl)C(F)(F)Cl. The number of rotatable bonds is 4. The third kappa shape index (κ3) is 3.77. The van der Waals surface area contributed by atoms with Gasteiger partial charge in [0.2, 0.25) is 0 Å². The molecule has 0 saturated heterocycles. The van der Waals surface area contributed by atoms with Gasteiger partial charge in [-0.1, -0.05) is 0 Å². The second-order valence-corrected chi connectivity index (χ2v) is 3.47. The highest BCUT2D eigenvalue weighted by atomic mass is 35.5. The second kappa shape index (κ2) is 4.34. The summed E-state index contributed by atoms with van der Waals surface area (Å²) in [4.78, 5) is 0. The molecule has 0 aliphatic rings. The van der Waals surface area contributed by atoms with E-state index in [0.29, 0.717) is 0 Å². The van der Waals surface area contributed by atoms with Gasteiger partial charge in [-0.05, 0) is 23.2 Å². The molecule has 11 heteroatoms. The molecule has 0 aromatic heterocycles. The maximum absolute atomic E-state index is 12.5. The van der Waals surface area contributed by atoms with Gasteiger partial charge < -0.3 is 4.74 Å². The maximum Gasteiger partial charge on any atom is 0.455 e. The molecule has 0 amide bonds. The Hall–Kier alpha value is -0.0200. The second-order valence-electron chi connectivity index (χ2n) is 2.51. The number of hydrogen-bond acceptors (Lipinski definition) is 1. The van der Waals surface area contributed by atoms with Crippen LogP contribution in [0.15, 0.2) is 0 Å². The van der Waals surface area contributed by atoms with Gasteiger partial charge >= 0.3 is 22.8 Å². The van der Waals surface area contributed by atoms with Gasteiger partial charge in [0.25, 0.3) is 0 Å². The number of alkyl halides is 10. The van der Waals surface area contributed by atoms with Crippen LogP contribution in [0, 0.1) is 0 Å². The van der Waals surface area contributed by atoms with E-state index in [0.717, 1.165) is 0 Å². The lowest BCUT2D eigenvalue weighted by atomic mass is 10.3. The number of hydrogen-bond donors (Lipinski definition) is 0. The molecule has 0 N–H and O–H groups in total. The monoisotopic (exact) mass is 300 g/mol. The predicted molar refractivity (Wildman–Crippen MR) is 37.4 cm³/mol. The van der Waals surface area contributed by atoms with Crippen molar-refractivity contribution in [3.05, 3.63) is 0 Å². The molecule has 0 aliphatic heterocycles. The quantitative estimate of drug-likeness (QED) is 0.565. The van der Waals surface area contributed by atoms with Crippen molar-refractivity contribution in [3.63, 3.8) is 0 Å². The fourth-order valence-corrected chi connectivity index (χ4v) is 0.454. The minimum absolute atomic E-state index is 2.72. The normalized spacial score (nSPS) is 18.4. The van der Waals surface area contributed by atoms with E-state index >= 15 is 0 Å². The third-order valence-electron chi connectivity index (χ3n) is 1.18. The molecule has 1 unspecified atom stereocenters. The molecule has 0 spiro atoms. The summed E-state index contributed by atoms with van der Waals surface area (Å²) in [6.45, 7) is -2.72. The van der Waals surface area contributed by atoms with E-state index in [9.17, 15) is 35.1 Å². The molecule has 0 bridgehead atoms. The molecule has 0 saturated carbocycles. The highest BCUT2D eigenvalue weighted by Gasteiger charge is 2.61. The highest BCUT2D eigenvalue weighted by Crippen LogP contribution is 2.43. The molecule has 0 radical (unpaired) electrons. The van der Waals surface area contributed by atoms with E-state index in [-0.39, 0.29) is 0 Å². The smallest absolute Gasteiger partial charge is 0.321 e. The topological polar surface area (TPSA) is 9.23 Å². The van der Waals surface area contributed by atoms with Crippen molar-refractivity contribution in [2.75, 3.05) is 6.61 Å². The van der Waals surface area contributed by atoms with Crippen molar-refractivity contribution in [3.8, 4) is 0 Å². The molecule has 1 atom stereocenters. The molecule has 98 valence electrons. The van der Waals surface area contributed by atoms with Gasteiger partial charge in [0.15, 0.2) is 0 Å². The lowest BCUT2D eigenvalue weighted by molar-refractivity contribution is -0.316. The van der Waals surface area contributed by atoms with Gasteiger partial charge in [0.1, 0.15) is 6.61 Å². The Balaban J connectivity index is 4.59. The molecule has 0 aromatic rings. The summed E-state index contributed by atoms with van der Waals surface area (Å²) < 4.78 is 98.0. The van der Waals surface area contributed by atoms with Crippen molar-refractivity contribution in [2.45, 2.75) is 22.8 Å². The van der Waals surface area contributed by atoms with Crippen molar-refractivity contribution in [1.82, 2.24) is 0 Å². The first-order valence-electron chi connectivity index (χ1n) is 3.24. The Morgan fingerprint density at radius 1 is 0.812 bits per heavy atom. The minimum atomic E-state index is -6.08. The lowest BCUT2D eigenvalue weighted by Crippen LogP contribution is -2.46. The Morgan fingerprint density at radius 2 is 1.19 bits per heavy atom. The molecule has 0 heterocycles. The minimum Gasteiger partial charge on any atom is -0.321 e. The van der Waals surface area contributed by atoms with Crippen LogP contribution in [0.25, 0.3) is 0 Å². The fourth-order valence-electron chi connectivity index (χ4n) is 0.345. The molecule has 16 heavy (non-hydrogen) atoms. The molecule has 0 rings (SSSR count). The zero-order valence-corrected chi connectivity index (χ0v) is 8.41. The van der Waals surface area contributed by atoms with E-state index in [2.05, 4.69) is 27.9 Å². The molecule has 0 aliphatic carbocycles. The van der Waals surface area contributed by atoms with Crippen LogP contribution in [-0.2, 0) is 4.74 Å². The van der Waals surface area contributed by atoms with Crippen molar-refractivity contribution < 1.29 is 39.9 Å². The van der Waals surface area contributed by atoms with Crippen LogP contribution in [0.2, 0.25) is 0 Å². The van der Waals surface area contributed by atoms with Crippen LogP contribution in [0.4, 0.5) is 35.1 Å². The first kappa shape index (κ1) is 16.0. The Bertz CT molecular complexity index is 218. The Labute approximate surface area is 93.2 Å². The van der Waals surface area contributed by atoms with Crippen molar-refractivity contribution >= 4 is 23.2 Å². The fraction of sp³-hybridized carbons (Fsp3) is 1.00. The standard InChI is InChI=1S/C5H2Cl2F8O/c6-3(10,11)4(7,12)16-1-2(8,9)5(13,14)15/h1H2. The van der Waals surface area contributed by atoms with Gasteiger partial charge in [-0.15, -0.1) is 0 Å². The van der Waals surface area contributed by atoms with E-state index in [4.69, 9.17) is 0 Å². The summed E-state index contributed by atoms with van der Waals surface area (Å²) >= 11 is 8.17. The van der Waals surface area contributed by atoms with Crippen LogP contribution < -0.4 is 0 Å². The first-order chi connectivity index (χ1) is 6.71. The summed E-state index contributed by atoms with van der Waals surface area (Å²) in [6, 6.07) is 0. The average molecular weight is 301 g/mol. The van der Waals surface area contributed by atoms with Gasteiger partial charge in [-0.25, -0.2) is 0 Å². The van der Waals surface area contributed by atoms with E-state index in [1.54, 1.807) is 0 Å². The van der Waals surface area contributed by atoms with Gasteiger partial charge in [0, 0.05) is 0 Å². The van der Waals surface area contributed by atoms with Crippen LogP contribution >= 0.6 is 23.2 Å².